The third-order valence-corrected chi connectivity index (χ3v) is 7.40. The molecule has 1 unspecified atom stereocenters. The van der Waals surface area contributed by atoms with Gasteiger partial charge in [-0.3, -0.25) is 4.90 Å². The maximum atomic E-state index is 11.7. The highest BCUT2D eigenvalue weighted by Gasteiger charge is 2.27. The maximum absolute atomic E-state index is 11.7. The first-order valence-corrected chi connectivity index (χ1v) is 11.0. The minimum absolute atomic E-state index is 0.353. The molecule has 2 heterocycles. The zero-order valence-electron chi connectivity index (χ0n) is 16.9. The lowest BCUT2D eigenvalue weighted by molar-refractivity contribution is 0.159. The van der Waals surface area contributed by atoms with Crippen LogP contribution in [0, 0.1) is 5.92 Å². The van der Waals surface area contributed by atoms with Gasteiger partial charge in [0, 0.05) is 24.1 Å². The van der Waals surface area contributed by atoms with Crippen LogP contribution in [0.4, 0.5) is 4.79 Å². The quantitative estimate of drug-likeness (QED) is 0.766. The van der Waals surface area contributed by atoms with E-state index < -0.39 is 6.09 Å². The predicted octanol–water partition coefficient (Wildman–Crippen LogP) is 5.24. The van der Waals surface area contributed by atoms with Gasteiger partial charge in [-0.2, -0.15) is 0 Å². The normalized spacial score (nSPS) is 25.9. The van der Waals surface area contributed by atoms with Crippen LogP contribution in [0.5, 0.6) is 0 Å². The summed E-state index contributed by atoms with van der Waals surface area (Å²) in [5.74, 6) is 0.911. The Labute approximate surface area is 170 Å². The van der Waals surface area contributed by atoms with E-state index in [1.54, 1.807) is 11.3 Å². The van der Waals surface area contributed by atoms with Gasteiger partial charge >= 0.3 is 6.09 Å². The maximum Gasteiger partial charge on any atom is 0.411 e. The third kappa shape index (κ3) is 3.80. The van der Waals surface area contributed by atoms with E-state index in [9.17, 15) is 9.90 Å². The lowest BCUT2D eigenvalue weighted by atomic mass is 9.86. The minimum Gasteiger partial charge on any atom is -0.465 e. The largest absolute Gasteiger partial charge is 0.465 e. The zero-order valence-corrected chi connectivity index (χ0v) is 17.7. The van der Waals surface area contributed by atoms with E-state index in [0.29, 0.717) is 24.4 Å². The Bertz CT molecular complexity index is 896. The lowest BCUT2D eigenvalue weighted by Crippen LogP contribution is -2.34. The first-order valence-electron chi connectivity index (χ1n) is 10.2. The molecule has 28 heavy (non-hydrogen) atoms. The number of rotatable bonds is 3. The molecule has 6 heteroatoms. The lowest BCUT2D eigenvalue weighted by Gasteiger charge is -2.31. The van der Waals surface area contributed by atoms with Crippen molar-refractivity contribution in [1.29, 1.82) is 0 Å². The summed E-state index contributed by atoms with van der Waals surface area (Å²) in [6.45, 7) is 2.64. The van der Waals surface area contributed by atoms with Crippen LogP contribution in [0.25, 0.3) is 15.9 Å². The smallest absolute Gasteiger partial charge is 0.411 e. The van der Waals surface area contributed by atoms with Crippen molar-refractivity contribution in [1.82, 2.24) is 14.8 Å². The minimum atomic E-state index is -0.880. The van der Waals surface area contributed by atoms with Crippen molar-refractivity contribution in [3.05, 3.63) is 34.8 Å². The van der Waals surface area contributed by atoms with Crippen molar-refractivity contribution in [3.8, 4) is 0 Å². The molecule has 1 amide bonds. The number of hydrogen-bond acceptors (Lipinski definition) is 4. The number of thiazole rings is 1. The standard InChI is InChI=1S/C22H29N3O2S/c1-14-4-10-19(25(13-14)22(26)27)16-7-11-20-18(12-16)23-21(28-20)15-5-8-17(9-6-15)24(2)3/h7,10-12,14-15,17H,4-6,8-9,13H2,1-3H3,(H,26,27). The van der Waals surface area contributed by atoms with E-state index in [2.05, 4.69) is 44.1 Å². The molecule has 1 aliphatic carbocycles. The summed E-state index contributed by atoms with van der Waals surface area (Å²) in [6.07, 6.45) is 6.95. The molecular weight excluding hydrogens is 370 g/mol. The third-order valence-electron chi connectivity index (χ3n) is 6.21. The van der Waals surface area contributed by atoms with Crippen LogP contribution in [0.3, 0.4) is 0 Å². The summed E-state index contributed by atoms with van der Waals surface area (Å²) in [4.78, 5) is 20.5. The number of allylic oxidation sites excluding steroid dienone is 1. The van der Waals surface area contributed by atoms with Crippen LogP contribution >= 0.6 is 11.3 Å². The molecule has 0 radical (unpaired) electrons. The van der Waals surface area contributed by atoms with Crippen molar-refractivity contribution in [2.24, 2.45) is 5.92 Å². The molecule has 1 atom stereocenters. The number of amides is 1. The Balaban J connectivity index is 1.58. The summed E-state index contributed by atoms with van der Waals surface area (Å²) in [5, 5.41) is 10.8. The fourth-order valence-electron chi connectivity index (χ4n) is 4.48. The number of benzene rings is 1. The molecule has 2 aromatic rings. The van der Waals surface area contributed by atoms with Crippen molar-refractivity contribution >= 4 is 33.3 Å². The van der Waals surface area contributed by atoms with Gasteiger partial charge < -0.3 is 10.0 Å². The number of carboxylic acid groups (broad SMARTS) is 1. The fraction of sp³-hybridized carbons (Fsp3) is 0.545. The molecule has 2 aliphatic rings. The van der Waals surface area contributed by atoms with Gasteiger partial charge in [-0.15, -0.1) is 11.3 Å². The highest BCUT2D eigenvalue weighted by atomic mass is 32.1. The zero-order chi connectivity index (χ0) is 19.8. The highest BCUT2D eigenvalue weighted by molar-refractivity contribution is 7.18. The molecule has 0 saturated heterocycles. The number of hydrogen-bond donors (Lipinski definition) is 1. The van der Waals surface area contributed by atoms with Gasteiger partial charge in [0.05, 0.1) is 20.9 Å². The highest BCUT2D eigenvalue weighted by Crippen LogP contribution is 2.39. The van der Waals surface area contributed by atoms with E-state index in [0.717, 1.165) is 23.2 Å². The van der Waals surface area contributed by atoms with E-state index >= 15 is 0 Å². The molecule has 0 bridgehead atoms. The van der Waals surface area contributed by atoms with Crippen LogP contribution in [0.1, 0.15) is 55.5 Å². The first kappa shape index (κ1) is 19.4. The second kappa shape index (κ2) is 7.84. The molecule has 1 aromatic heterocycles. The van der Waals surface area contributed by atoms with Gasteiger partial charge in [-0.25, -0.2) is 9.78 Å². The predicted molar refractivity (Wildman–Crippen MR) is 115 cm³/mol. The molecule has 5 nitrogen and oxygen atoms in total. The molecule has 150 valence electrons. The Morgan fingerprint density at radius 2 is 2.00 bits per heavy atom. The second-order valence-electron chi connectivity index (χ2n) is 8.53. The van der Waals surface area contributed by atoms with Gasteiger partial charge in [0.15, 0.2) is 0 Å². The molecule has 1 aromatic carbocycles. The van der Waals surface area contributed by atoms with E-state index in [4.69, 9.17) is 4.98 Å². The van der Waals surface area contributed by atoms with Gasteiger partial charge in [0.1, 0.15) is 0 Å². The molecule has 1 saturated carbocycles. The van der Waals surface area contributed by atoms with Gasteiger partial charge in [-0.05, 0) is 64.3 Å². The molecule has 1 fully saturated rings. The molecular formula is C22H29N3O2S. The summed E-state index contributed by atoms with van der Waals surface area (Å²) < 4.78 is 1.19. The van der Waals surface area contributed by atoms with Crippen LogP contribution in [0.2, 0.25) is 0 Å². The summed E-state index contributed by atoms with van der Waals surface area (Å²) in [7, 11) is 4.34. The SMILES string of the molecule is CC1CC=C(c2ccc3sc(C4CCC(N(C)C)CC4)nc3c2)N(C(=O)O)C1. The average Bonchev–Trinajstić information content (AvgIpc) is 3.11. The number of carbonyl (C=O) groups is 1. The Morgan fingerprint density at radius 3 is 2.68 bits per heavy atom. The van der Waals surface area contributed by atoms with Crippen LogP contribution in [0.15, 0.2) is 24.3 Å². The molecule has 1 aliphatic heterocycles. The van der Waals surface area contributed by atoms with Crippen LogP contribution in [-0.4, -0.2) is 52.7 Å². The summed E-state index contributed by atoms with van der Waals surface area (Å²) in [5.41, 5.74) is 2.75. The van der Waals surface area contributed by atoms with Gasteiger partial charge in [-0.1, -0.05) is 19.1 Å². The van der Waals surface area contributed by atoms with Crippen molar-refractivity contribution in [2.75, 3.05) is 20.6 Å². The molecule has 1 N–H and O–H groups in total. The van der Waals surface area contributed by atoms with Gasteiger partial charge in [0.25, 0.3) is 0 Å². The number of aromatic nitrogens is 1. The monoisotopic (exact) mass is 399 g/mol. The van der Waals surface area contributed by atoms with E-state index in [1.165, 1.54) is 40.3 Å². The summed E-state index contributed by atoms with van der Waals surface area (Å²) >= 11 is 1.80. The number of nitrogens with zero attached hydrogens (tertiary/aromatic N) is 3. The van der Waals surface area contributed by atoms with E-state index in [1.807, 2.05) is 6.07 Å². The van der Waals surface area contributed by atoms with Crippen molar-refractivity contribution < 1.29 is 9.90 Å². The Kier molecular flexibility index (Phi) is 5.43. The van der Waals surface area contributed by atoms with Crippen LogP contribution in [-0.2, 0) is 0 Å². The Hall–Kier alpha value is -1.92. The van der Waals surface area contributed by atoms with Crippen molar-refractivity contribution in [2.45, 2.75) is 51.0 Å². The fourth-order valence-corrected chi connectivity index (χ4v) is 5.60. The topological polar surface area (TPSA) is 56.7 Å². The van der Waals surface area contributed by atoms with E-state index in [-0.39, 0.29) is 0 Å². The number of fused-ring (bicyclic) bond motifs is 1. The van der Waals surface area contributed by atoms with Crippen molar-refractivity contribution in [3.63, 3.8) is 0 Å². The first-order chi connectivity index (χ1) is 13.4. The Morgan fingerprint density at radius 1 is 1.25 bits per heavy atom. The van der Waals surface area contributed by atoms with Crippen LogP contribution < -0.4 is 0 Å². The molecule has 0 spiro atoms. The summed E-state index contributed by atoms with van der Waals surface area (Å²) in [6, 6.07) is 6.92. The second-order valence-corrected chi connectivity index (χ2v) is 9.59. The van der Waals surface area contributed by atoms with Gasteiger partial charge in [0.2, 0.25) is 0 Å². The average molecular weight is 400 g/mol. The molecule has 4 rings (SSSR count).